The van der Waals surface area contributed by atoms with Crippen molar-refractivity contribution < 1.29 is 23.7 Å². The number of carbonyl (C=O) groups excluding carboxylic acids is 1. The highest BCUT2D eigenvalue weighted by molar-refractivity contribution is 8.25. The molecule has 220 valence electrons. The molecule has 0 spiro atoms. The Labute approximate surface area is 238 Å². The fourth-order valence-corrected chi connectivity index (χ4v) is 7.42. The highest BCUT2D eigenvalue weighted by Crippen LogP contribution is 2.54. The summed E-state index contributed by atoms with van der Waals surface area (Å²) in [6.45, 7) is 6.66. The maximum absolute atomic E-state index is 13.8. The van der Waals surface area contributed by atoms with Gasteiger partial charge in [-0.1, -0.05) is 30.3 Å². The third-order valence-electron chi connectivity index (χ3n) is 8.08. The van der Waals surface area contributed by atoms with Crippen molar-refractivity contribution in [2.24, 2.45) is 0 Å². The van der Waals surface area contributed by atoms with Gasteiger partial charge in [0.05, 0.1) is 35.0 Å². The average Bonchev–Trinajstić information content (AvgIpc) is 3.34. The Morgan fingerprint density at radius 3 is 2.60 bits per heavy atom. The molecule has 10 nitrogen and oxygen atoms in total. The summed E-state index contributed by atoms with van der Waals surface area (Å²) in [5, 5.41) is 21.3. The number of nitrogens with zero attached hydrogens (tertiary/aromatic N) is 2. The molecule has 0 radical (unpaired) electrons. The monoisotopic (exact) mass is 573 g/mol. The summed E-state index contributed by atoms with van der Waals surface area (Å²) in [7, 11) is -2.95. The number of hydrogen-bond donors (Lipinski definition) is 6. The summed E-state index contributed by atoms with van der Waals surface area (Å²) in [4.78, 5) is 16.0. The van der Waals surface area contributed by atoms with Gasteiger partial charge in [0.25, 0.3) is 5.91 Å². The van der Waals surface area contributed by atoms with E-state index >= 15 is 0 Å². The summed E-state index contributed by atoms with van der Waals surface area (Å²) in [6.07, 6.45) is 2.16. The minimum Gasteiger partial charge on any atom is -0.390 e. The molecule has 40 heavy (non-hydrogen) atoms. The Morgan fingerprint density at radius 1 is 1.15 bits per heavy atom. The van der Waals surface area contributed by atoms with Crippen molar-refractivity contribution in [1.29, 1.82) is 0 Å². The zero-order valence-electron chi connectivity index (χ0n) is 23.2. The van der Waals surface area contributed by atoms with Crippen LogP contribution in [0, 0.1) is 0 Å². The van der Waals surface area contributed by atoms with E-state index in [1.54, 1.807) is 10.4 Å². The van der Waals surface area contributed by atoms with Crippen LogP contribution in [-0.2, 0) is 11.2 Å². The Kier molecular flexibility index (Phi) is 9.39. The number of benzene rings is 2. The molecular formula is C29H43N5O5S. The van der Waals surface area contributed by atoms with Crippen LogP contribution in [0.25, 0.3) is 0 Å². The lowest BCUT2D eigenvalue weighted by Crippen LogP contribution is -2.50. The van der Waals surface area contributed by atoms with E-state index in [2.05, 4.69) is 27.8 Å². The van der Waals surface area contributed by atoms with Gasteiger partial charge in [-0.2, -0.15) is 0 Å². The highest BCUT2D eigenvalue weighted by atomic mass is 32.3. The lowest BCUT2D eigenvalue weighted by atomic mass is 9.99. The average molecular weight is 574 g/mol. The molecule has 0 unspecified atom stereocenters. The van der Waals surface area contributed by atoms with E-state index in [0.717, 1.165) is 49.4 Å². The van der Waals surface area contributed by atoms with Gasteiger partial charge in [0.2, 0.25) is 0 Å². The van der Waals surface area contributed by atoms with E-state index < -0.39 is 22.9 Å². The van der Waals surface area contributed by atoms with Crippen LogP contribution in [0.1, 0.15) is 42.1 Å². The van der Waals surface area contributed by atoms with Crippen molar-refractivity contribution in [3.05, 3.63) is 53.6 Å². The lowest BCUT2D eigenvalue weighted by molar-refractivity contribution is 0.0657. The van der Waals surface area contributed by atoms with Gasteiger partial charge < -0.3 is 30.7 Å². The number of ether oxygens (including phenoxy) is 1. The molecule has 2 saturated heterocycles. The molecule has 2 aromatic rings. The van der Waals surface area contributed by atoms with E-state index in [4.69, 9.17) is 4.74 Å². The number of hydrogen-bond acceptors (Lipinski definition) is 9. The van der Waals surface area contributed by atoms with E-state index in [-0.39, 0.29) is 11.9 Å². The second-order valence-corrected chi connectivity index (χ2v) is 12.9. The number of aliphatic hydroxyl groups is 1. The van der Waals surface area contributed by atoms with Crippen molar-refractivity contribution in [3.63, 3.8) is 0 Å². The Hall–Kier alpha value is -2.54. The molecule has 3 heterocycles. The van der Waals surface area contributed by atoms with Gasteiger partial charge in [0.15, 0.2) is 0 Å². The van der Waals surface area contributed by atoms with Crippen molar-refractivity contribution in [2.45, 2.75) is 50.8 Å². The third-order valence-corrected chi connectivity index (χ3v) is 10.0. The number of anilines is 3. The summed E-state index contributed by atoms with van der Waals surface area (Å²) < 4.78 is 28.7. The van der Waals surface area contributed by atoms with Crippen LogP contribution in [-0.4, -0.2) is 90.0 Å². The van der Waals surface area contributed by atoms with Gasteiger partial charge >= 0.3 is 0 Å². The maximum atomic E-state index is 13.8. The minimum absolute atomic E-state index is 0.285. The third kappa shape index (κ3) is 6.67. The second-order valence-electron chi connectivity index (χ2n) is 10.8. The van der Waals surface area contributed by atoms with Crippen LogP contribution in [0.5, 0.6) is 0 Å². The first-order chi connectivity index (χ1) is 19.4. The molecule has 2 aromatic carbocycles. The normalized spacial score (nSPS) is 21.3. The standard InChI is InChI=1S/C29H43N5O5S/c1-2-33-13-11-30-28-25(33)18-22(19-26(28)34-12-6-16-40(34,37)38)29(36)32-24(17-21-7-4-3-5-8-21)27(35)20-31-23-9-14-39-15-10-23/h3-5,7-8,18-19,23-24,27,30-31,35,37-38H,2,6,9-17,20H2,1H3,(H,32,36)/t24-,27-/m0/s1. The number of carbonyl (C=O) groups is 1. The van der Waals surface area contributed by atoms with Crippen LogP contribution < -0.4 is 25.2 Å². The van der Waals surface area contributed by atoms with E-state index in [1.165, 1.54) is 0 Å². The van der Waals surface area contributed by atoms with Crippen molar-refractivity contribution in [3.8, 4) is 0 Å². The zero-order chi connectivity index (χ0) is 28.1. The first-order valence-electron chi connectivity index (χ1n) is 14.4. The molecule has 2 atom stereocenters. The fraction of sp³-hybridized carbons (Fsp3) is 0.552. The number of rotatable bonds is 10. The maximum Gasteiger partial charge on any atom is 0.251 e. The molecule has 0 bridgehead atoms. The molecule has 0 aliphatic carbocycles. The van der Waals surface area contributed by atoms with Gasteiger partial charge in [0, 0.05) is 57.5 Å². The number of likely N-dealkylation sites (N-methyl/N-ethyl adjacent to an activating group) is 1. The number of aliphatic hydroxyl groups excluding tert-OH is 1. The van der Waals surface area contributed by atoms with Crippen molar-refractivity contribution in [1.82, 2.24) is 10.6 Å². The Bertz CT molecular complexity index is 1150. The molecule has 11 heteroatoms. The van der Waals surface area contributed by atoms with Crippen LogP contribution in [0.2, 0.25) is 0 Å². The van der Waals surface area contributed by atoms with Crippen molar-refractivity contribution in [2.75, 3.05) is 66.2 Å². The molecule has 3 aliphatic heterocycles. The zero-order valence-corrected chi connectivity index (χ0v) is 24.0. The molecule has 2 fully saturated rings. The molecule has 0 aromatic heterocycles. The summed E-state index contributed by atoms with van der Waals surface area (Å²) in [5.41, 5.74) is 3.80. The van der Waals surface area contributed by atoms with Gasteiger partial charge in [0.1, 0.15) is 0 Å². The van der Waals surface area contributed by atoms with E-state index in [9.17, 15) is 19.0 Å². The van der Waals surface area contributed by atoms with Gasteiger partial charge in [-0.05, 0) is 50.3 Å². The van der Waals surface area contributed by atoms with Crippen molar-refractivity contribution >= 4 is 33.7 Å². The van der Waals surface area contributed by atoms with E-state index in [1.807, 2.05) is 36.4 Å². The van der Waals surface area contributed by atoms with Crippen LogP contribution >= 0.6 is 10.8 Å². The lowest BCUT2D eigenvalue weighted by Gasteiger charge is -2.41. The quantitative estimate of drug-likeness (QED) is 0.254. The number of nitrogens with one attached hydrogen (secondary N) is 3. The fourth-order valence-electron chi connectivity index (χ4n) is 5.81. The summed E-state index contributed by atoms with van der Waals surface area (Å²) in [6, 6.07) is 13.3. The molecule has 1 amide bonds. The van der Waals surface area contributed by atoms with Gasteiger partial charge in [-0.3, -0.25) is 18.2 Å². The van der Waals surface area contributed by atoms with Gasteiger partial charge in [-0.15, -0.1) is 10.8 Å². The first-order valence-corrected chi connectivity index (χ1v) is 16.1. The largest absolute Gasteiger partial charge is 0.390 e. The first kappa shape index (κ1) is 29.0. The number of fused-ring (bicyclic) bond motifs is 1. The predicted octanol–water partition coefficient (Wildman–Crippen LogP) is 3.28. The predicted molar refractivity (Wildman–Crippen MR) is 162 cm³/mol. The Morgan fingerprint density at radius 2 is 1.90 bits per heavy atom. The Balaban J connectivity index is 1.41. The smallest absolute Gasteiger partial charge is 0.251 e. The highest BCUT2D eigenvalue weighted by Gasteiger charge is 2.34. The summed E-state index contributed by atoms with van der Waals surface area (Å²) >= 11 is 0. The van der Waals surface area contributed by atoms with Crippen LogP contribution in [0.3, 0.4) is 0 Å². The minimum atomic E-state index is -2.95. The molecule has 0 saturated carbocycles. The summed E-state index contributed by atoms with van der Waals surface area (Å²) in [5.74, 6) is 0.0219. The topological polar surface area (TPSA) is 130 Å². The number of amides is 1. The molecule has 5 rings (SSSR count). The molecule has 6 N–H and O–H groups in total. The molecular weight excluding hydrogens is 530 g/mol. The SMILES string of the molecule is CCN1CCNc2c1cc(C(=O)N[C@@H](Cc1ccccc1)[C@@H](O)CNC1CCOCC1)cc2N1CCCS1(O)O. The van der Waals surface area contributed by atoms with Crippen LogP contribution in [0.4, 0.5) is 17.1 Å². The van der Waals surface area contributed by atoms with Gasteiger partial charge in [-0.25, -0.2) is 0 Å². The van der Waals surface area contributed by atoms with Crippen LogP contribution in [0.15, 0.2) is 42.5 Å². The van der Waals surface area contributed by atoms with E-state index in [0.29, 0.717) is 56.1 Å². The molecule has 3 aliphatic rings. The second kappa shape index (κ2) is 13.0.